The molecular formula is C10H9BrN4O2. The molecule has 6 nitrogen and oxygen atoms in total. The maximum absolute atomic E-state index is 10.5. The number of amides is 1. The first-order valence-electron chi connectivity index (χ1n) is 4.72. The first-order valence-corrected chi connectivity index (χ1v) is 5.51. The number of halogens is 1. The van der Waals surface area contributed by atoms with E-state index in [9.17, 15) is 4.79 Å². The third-order valence-electron chi connectivity index (χ3n) is 2.05. The van der Waals surface area contributed by atoms with E-state index in [2.05, 4.69) is 31.3 Å². The molecule has 88 valence electrons. The zero-order chi connectivity index (χ0) is 12.4. The molecule has 0 fully saturated rings. The SMILES string of the molecule is Cn1cc(Br)c(-c2ccnc(NC(=O)O)c2)n1. The summed E-state index contributed by atoms with van der Waals surface area (Å²) in [5.74, 6) is 0.271. The molecule has 0 aliphatic carbocycles. The minimum absolute atomic E-state index is 0.271. The van der Waals surface area contributed by atoms with Gasteiger partial charge in [-0.05, 0) is 28.1 Å². The Bertz CT molecular complexity index is 567. The zero-order valence-electron chi connectivity index (χ0n) is 8.88. The van der Waals surface area contributed by atoms with Crippen LogP contribution in [0.25, 0.3) is 11.3 Å². The number of aryl methyl sites for hydroxylation is 1. The van der Waals surface area contributed by atoms with Gasteiger partial charge in [0.05, 0.1) is 4.47 Å². The summed E-state index contributed by atoms with van der Waals surface area (Å²) in [5, 5.41) is 15.1. The third-order valence-corrected chi connectivity index (χ3v) is 2.63. The van der Waals surface area contributed by atoms with Crippen LogP contribution >= 0.6 is 15.9 Å². The van der Waals surface area contributed by atoms with Crippen molar-refractivity contribution in [1.82, 2.24) is 14.8 Å². The highest BCUT2D eigenvalue weighted by Gasteiger charge is 2.09. The predicted molar refractivity (Wildman–Crippen MR) is 65.8 cm³/mol. The summed E-state index contributed by atoms with van der Waals surface area (Å²) in [7, 11) is 1.81. The van der Waals surface area contributed by atoms with Crippen LogP contribution in [0.15, 0.2) is 29.0 Å². The van der Waals surface area contributed by atoms with Crippen LogP contribution in [0, 0.1) is 0 Å². The molecule has 0 aromatic carbocycles. The number of pyridine rings is 1. The maximum Gasteiger partial charge on any atom is 0.410 e. The average molecular weight is 297 g/mol. The highest BCUT2D eigenvalue weighted by Crippen LogP contribution is 2.27. The maximum atomic E-state index is 10.5. The fourth-order valence-corrected chi connectivity index (χ4v) is 2.02. The molecule has 2 rings (SSSR count). The van der Waals surface area contributed by atoms with E-state index in [4.69, 9.17) is 5.11 Å². The number of hydrogen-bond acceptors (Lipinski definition) is 3. The standard InChI is InChI=1S/C10H9BrN4O2/c1-15-5-7(11)9(14-15)6-2-3-12-8(4-6)13-10(16)17/h2-5H,1H3,(H,12,13)(H,16,17). The molecule has 0 spiro atoms. The van der Waals surface area contributed by atoms with Crippen molar-refractivity contribution in [1.29, 1.82) is 0 Å². The van der Waals surface area contributed by atoms with Gasteiger partial charge in [0, 0.05) is 25.0 Å². The Labute approximate surface area is 105 Å². The molecule has 0 saturated heterocycles. The molecule has 0 aliphatic rings. The van der Waals surface area contributed by atoms with Crippen LogP contribution in [0.5, 0.6) is 0 Å². The molecule has 7 heteroatoms. The fraction of sp³-hybridized carbons (Fsp3) is 0.100. The summed E-state index contributed by atoms with van der Waals surface area (Å²) in [5.41, 5.74) is 1.53. The number of anilines is 1. The summed E-state index contributed by atoms with van der Waals surface area (Å²) >= 11 is 3.39. The molecule has 2 aromatic heterocycles. The van der Waals surface area contributed by atoms with Gasteiger partial charge in [0.1, 0.15) is 11.5 Å². The highest BCUT2D eigenvalue weighted by atomic mass is 79.9. The van der Waals surface area contributed by atoms with Crippen LogP contribution in [-0.4, -0.2) is 26.0 Å². The second-order valence-corrected chi connectivity index (χ2v) is 4.21. The molecule has 0 atom stereocenters. The van der Waals surface area contributed by atoms with Gasteiger partial charge < -0.3 is 5.11 Å². The average Bonchev–Trinajstić information content (AvgIpc) is 2.57. The van der Waals surface area contributed by atoms with Crippen molar-refractivity contribution >= 4 is 27.8 Å². The molecule has 0 unspecified atom stereocenters. The molecule has 1 amide bonds. The predicted octanol–water partition coefficient (Wildman–Crippen LogP) is 2.33. The number of nitrogens with one attached hydrogen (secondary N) is 1. The van der Waals surface area contributed by atoms with Gasteiger partial charge >= 0.3 is 6.09 Å². The molecule has 2 heterocycles. The summed E-state index contributed by atoms with van der Waals surface area (Å²) in [4.78, 5) is 14.4. The molecule has 2 aromatic rings. The van der Waals surface area contributed by atoms with Crippen molar-refractivity contribution in [3.05, 3.63) is 29.0 Å². The van der Waals surface area contributed by atoms with E-state index in [-0.39, 0.29) is 5.82 Å². The van der Waals surface area contributed by atoms with Crippen molar-refractivity contribution in [2.24, 2.45) is 7.05 Å². The van der Waals surface area contributed by atoms with Gasteiger partial charge in [-0.1, -0.05) is 0 Å². The van der Waals surface area contributed by atoms with E-state index in [0.29, 0.717) is 0 Å². The Kier molecular flexibility index (Phi) is 3.10. The van der Waals surface area contributed by atoms with E-state index >= 15 is 0 Å². The van der Waals surface area contributed by atoms with Gasteiger partial charge in [0.2, 0.25) is 0 Å². The lowest BCUT2D eigenvalue weighted by Crippen LogP contribution is -2.08. The number of carbonyl (C=O) groups is 1. The Balaban J connectivity index is 2.39. The molecule has 0 aliphatic heterocycles. The van der Waals surface area contributed by atoms with Gasteiger partial charge in [-0.15, -0.1) is 0 Å². The Morgan fingerprint density at radius 1 is 1.59 bits per heavy atom. The Hall–Kier alpha value is -1.89. The lowest BCUT2D eigenvalue weighted by Gasteiger charge is -2.02. The summed E-state index contributed by atoms with van der Waals surface area (Å²) < 4.78 is 2.51. The first-order chi connectivity index (χ1) is 8.06. The number of nitrogens with zero attached hydrogens (tertiary/aromatic N) is 3. The Morgan fingerprint density at radius 3 is 2.94 bits per heavy atom. The monoisotopic (exact) mass is 296 g/mol. The molecule has 0 bridgehead atoms. The van der Waals surface area contributed by atoms with Crippen molar-refractivity contribution in [3.63, 3.8) is 0 Å². The summed E-state index contributed by atoms with van der Waals surface area (Å²) in [6.07, 6.45) is 2.21. The lowest BCUT2D eigenvalue weighted by molar-refractivity contribution is 0.209. The highest BCUT2D eigenvalue weighted by molar-refractivity contribution is 9.10. The minimum atomic E-state index is -1.14. The second kappa shape index (κ2) is 4.54. The topological polar surface area (TPSA) is 80.0 Å². The van der Waals surface area contributed by atoms with Crippen LogP contribution in [0.2, 0.25) is 0 Å². The smallest absolute Gasteiger partial charge is 0.410 e. The normalized spacial score (nSPS) is 10.2. The summed E-state index contributed by atoms with van der Waals surface area (Å²) in [6, 6.07) is 3.39. The van der Waals surface area contributed by atoms with E-state index < -0.39 is 6.09 Å². The second-order valence-electron chi connectivity index (χ2n) is 3.36. The number of carboxylic acid groups (broad SMARTS) is 1. The van der Waals surface area contributed by atoms with E-state index in [0.717, 1.165) is 15.7 Å². The quantitative estimate of drug-likeness (QED) is 0.891. The van der Waals surface area contributed by atoms with Crippen molar-refractivity contribution in [3.8, 4) is 11.3 Å². The van der Waals surface area contributed by atoms with Crippen LogP contribution < -0.4 is 5.32 Å². The molecule has 17 heavy (non-hydrogen) atoms. The van der Waals surface area contributed by atoms with Crippen molar-refractivity contribution in [2.75, 3.05) is 5.32 Å². The lowest BCUT2D eigenvalue weighted by atomic mass is 10.2. The van der Waals surface area contributed by atoms with E-state index in [1.54, 1.807) is 16.8 Å². The molecular weight excluding hydrogens is 288 g/mol. The van der Waals surface area contributed by atoms with Crippen LogP contribution in [0.3, 0.4) is 0 Å². The molecule has 0 radical (unpaired) electrons. The van der Waals surface area contributed by atoms with Gasteiger partial charge in [-0.2, -0.15) is 5.10 Å². The van der Waals surface area contributed by atoms with Gasteiger partial charge in [0.15, 0.2) is 0 Å². The summed E-state index contributed by atoms with van der Waals surface area (Å²) in [6.45, 7) is 0. The van der Waals surface area contributed by atoms with E-state index in [1.807, 2.05) is 13.2 Å². The van der Waals surface area contributed by atoms with Crippen LogP contribution in [0.1, 0.15) is 0 Å². The van der Waals surface area contributed by atoms with Crippen molar-refractivity contribution < 1.29 is 9.90 Å². The molecule has 0 saturated carbocycles. The number of hydrogen-bond donors (Lipinski definition) is 2. The largest absolute Gasteiger partial charge is 0.465 e. The first kappa shape index (κ1) is 11.6. The van der Waals surface area contributed by atoms with Gasteiger partial charge in [0.25, 0.3) is 0 Å². The number of rotatable bonds is 2. The zero-order valence-corrected chi connectivity index (χ0v) is 10.5. The van der Waals surface area contributed by atoms with Crippen molar-refractivity contribution in [2.45, 2.75) is 0 Å². The number of aromatic nitrogens is 3. The molecule has 2 N–H and O–H groups in total. The Morgan fingerprint density at radius 2 is 2.35 bits per heavy atom. The van der Waals surface area contributed by atoms with Gasteiger partial charge in [-0.3, -0.25) is 10.00 Å². The van der Waals surface area contributed by atoms with Crippen LogP contribution in [-0.2, 0) is 7.05 Å². The van der Waals surface area contributed by atoms with Crippen LogP contribution in [0.4, 0.5) is 10.6 Å². The fourth-order valence-electron chi connectivity index (χ4n) is 1.41. The third kappa shape index (κ3) is 2.62. The minimum Gasteiger partial charge on any atom is -0.465 e. The van der Waals surface area contributed by atoms with E-state index in [1.165, 1.54) is 6.20 Å². The van der Waals surface area contributed by atoms with Gasteiger partial charge in [-0.25, -0.2) is 9.78 Å².